The lowest BCUT2D eigenvalue weighted by atomic mass is 10.4. The first-order valence-electron chi connectivity index (χ1n) is 7.31. The number of aliphatic imine (C=N–C) groups is 1. The minimum atomic E-state index is -3.12. The van der Waals surface area contributed by atoms with Gasteiger partial charge in [-0.25, -0.2) is 23.1 Å². The SMILES string of the molecule is CCNC(=NCc1ncnn1C)NCCCNS(=O)(=O)CC.I. The lowest BCUT2D eigenvalue weighted by Gasteiger charge is -2.11. The van der Waals surface area contributed by atoms with Crippen molar-refractivity contribution in [1.82, 2.24) is 30.1 Å². The Hall–Kier alpha value is -0.950. The van der Waals surface area contributed by atoms with Crippen LogP contribution >= 0.6 is 24.0 Å². The molecule has 0 aliphatic heterocycles. The first-order valence-corrected chi connectivity index (χ1v) is 8.96. The van der Waals surface area contributed by atoms with E-state index in [1.165, 1.54) is 6.33 Å². The summed E-state index contributed by atoms with van der Waals surface area (Å²) in [5.41, 5.74) is 0. The van der Waals surface area contributed by atoms with Gasteiger partial charge in [0.25, 0.3) is 0 Å². The Kier molecular flexibility index (Phi) is 11.1. The number of guanidine groups is 1. The largest absolute Gasteiger partial charge is 0.357 e. The highest BCUT2D eigenvalue weighted by Gasteiger charge is 2.05. The molecule has 1 heterocycles. The van der Waals surface area contributed by atoms with Crippen LogP contribution in [0.25, 0.3) is 0 Å². The summed E-state index contributed by atoms with van der Waals surface area (Å²) in [5.74, 6) is 1.54. The molecule has 11 heteroatoms. The molecule has 0 amide bonds. The molecular weight excluding hydrogens is 433 g/mol. The maximum atomic E-state index is 11.3. The Bertz CT molecular complexity index is 574. The molecule has 23 heavy (non-hydrogen) atoms. The molecule has 0 radical (unpaired) electrons. The van der Waals surface area contributed by atoms with E-state index in [0.29, 0.717) is 32.0 Å². The maximum Gasteiger partial charge on any atom is 0.211 e. The fourth-order valence-electron chi connectivity index (χ4n) is 1.58. The molecular formula is C12H26IN7O2S. The molecule has 0 saturated carbocycles. The van der Waals surface area contributed by atoms with Crippen molar-refractivity contribution in [2.45, 2.75) is 26.8 Å². The molecule has 0 aromatic carbocycles. The highest BCUT2D eigenvalue weighted by Crippen LogP contribution is 1.93. The van der Waals surface area contributed by atoms with E-state index >= 15 is 0 Å². The van der Waals surface area contributed by atoms with Crippen LogP contribution in [0.3, 0.4) is 0 Å². The second-order valence-corrected chi connectivity index (χ2v) is 6.67. The van der Waals surface area contributed by atoms with Gasteiger partial charge < -0.3 is 10.6 Å². The number of hydrogen-bond acceptors (Lipinski definition) is 5. The van der Waals surface area contributed by atoms with Crippen molar-refractivity contribution in [3.63, 3.8) is 0 Å². The van der Waals surface area contributed by atoms with Gasteiger partial charge in [-0.3, -0.25) is 4.68 Å². The van der Waals surface area contributed by atoms with Crippen molar-refractivity contribution < 1.29 is 8.42 Å². The molecule has 3 N–H and O–H groups in total. The monoisotopic (exact) mass is 459 g/mol. The van der Waals surface area contributed by atoms with Crippen molar-refractivity contribution in [1.29, 1.82) is 0 Å². The van der Waals surface area contributed by atoms with Gasteiger partial charge in [-0.2, -0.15) is 5.10 Å². The molecule has 0 atom stereocenters. The quantitative estimate of drug-likeness (QED) is 0.204. The number of rotatable bonds is 9. The molecule has 9 nitrogen and oxygen atoms in total. The number of hydrogen-bond donors (Lipinski definition) is 3. The first-order chi connectivity index (χ1) is 10.5. The Morgan fingerprint density at radius 1 is 1.30 bits per heavy atom. The third-order valence-electron chi connectivity index (χ3n) is 2.88. The Balaban J connectivity index is 0.00000484. The summed E-state index contributed by atoms with van der Waals surface area (Å²) in [5, 5.41) is 10.3. The lowest BCUT2D eigenvalue weighted by molar-refractivity contribution is 0.579. The topological polar surface area (TPSA) is 113 Å². The third kappa shape index (κ3) is 9.05. The average molecular weight is 459 g/mol. The van der Waals surface area contributed by atoms with Crippen molar-refractivity contribution in [3.05, 3.63) is 12.2 Å². The van der Waals surface area contributed by atoms with Gasteiger partial charge in [0.15, 0.2) is 5.96 Å². The number of nitrogens with one attached hydrogen (secondary N) is 3. The first kappa shape index (κ1) is 22.1. The zero-order valence-electron chi connectivity index (χ0n) is 13.7. The smallest absolute Gasteiger partial charge is 0.211 e. The van der Waals surface area contributed by atoms with Crippen LogP contribution in [-0.2, 0) is 23.6 Å². The molecule has 1 aromatic heterocycles. The van der Waals surface area contributed by atoms with Crippen LogP contribution < -0.4 is 15.4 Å². The summed E-state index contributed by atoms with van der Waals surface area (Å²) in [7, 11) is -1.30. The molecule has 0 unspecified atom stereocenters. The predicted molar refractivity (Wildman–Crippen MR) is 101 cm³/mol. The van der Waals surface area contributed by atoms with Crippen molar-refractivity contribution in [2.75, 3.05) is 25.4 Å². The minimum absolute atomic E-state index is 0. The van der Waals surface area contributed by atoms with Gasteiger partial charge in [-0.1, -0.05) is 0 Å². The van der Waals surface area contributed by atoms with Crippen LogP contribution in [0.5, 0.6) is 0 Å². The van der Waals surface area contributed by atoms with Gasteiger partial charge in [0.05, 0.1) is 5.75 Å². The predicted octanol–water partition coefficient (Wildman–Crippen LogP) is -0.182. The van der Waals surface area contributed by atoms with Crippen molar-refractivity contribution >= 4 is 40.0 Å². The molecule has 1 aromatic rings. The molecule has 0 bridgehead atoms. The standard InChI is InChI=1S/C12H25N7O2S.HI/c1-4-13-12(15-9-11-16-10-17-19(11)3)14-7-6-8-18-22(20,21)5-2;/h10,18H,4-9H2,1-3H3,(H2,13,14,15);1H. The fraction of sp³-hybridized carbons (Fsp3) is 0.750. The van der Waals surface area contributed by atoms with Crippen LogP contribution in [0.2, 0.25) is 0 Å². The zero-order valence-corrected chi connectivity index (χ0v) is 16.9. The molecule has 1 rings (SSSR count). The minimum Gasteiger partial charge on any atom is -0.357 e. The van der Waals surface area contributed by atoms with E-state index in [9.17, 15) is 8.42 Å². The van der Waals surface area contributed by atoms with E-state index in [2.05, 4.69) is 30.4 Å². The molecule has 0 aliphatic carbocycles. The second kappa shape index (κ2) is 11.6. The van der Waals surface area contributed by atoms with Gasteiger partial charge >= 0.3 is 0 Å². The maximum absolute atomic E-state index is 11.3. The van der Waals surface area contributed by atoms with E-state index in [0.717, 1.165) is 12.4 Å². The molecule has 0 fully saturated rings. The molecule has 0 aliphatic rings. The molecule has 0 spiro atoms. The van der Waals surface area contributed by atoms with Gasteiger partial charge in [-0.05, 0) is 20.3 Å². The highest BCUT2D eigenvalue weighted by molar-refractivity contribution is 14.0. The number of nitrogens with zero attached hydrogens (tertiary/aromatic N) is 4. The van der Waals surface area contributed by atoms with Gasteiger partial charge in [0.2, 0.25) is 10.0 Å². The highest BCUT2D eigenvalue weighted by atomic mass is 127. The van der Waals surface area contributed by atoms with Gasteiger partial charge in [0, 0.05) is 26.7 Å². The van der Waals surface area contributed by atoms with E-state index in [4.69, 9.17) is 0 Å². The summed E-state index contributed by atoms with van der Waals surface area (Å²) < 4.78 is 26.8. The van der Waals surface area contributed by atoms with Crippen molar-refractivity contribution in [2.24, 2.45) is 12.0 Å². The third-order valence-corrected chi connectivity index (χ3v) is 4.28. The van der Waals surface area contributed by atoms with E-state index < -0.39 is 10.0 Å². The molecule has 0 saturated heterocycles. The number of halogens is 1. The van der Waals surface area contributed by atoms with Crippen LogP contribution in [0.4, 0.5) is 0 Å². The number of aromatic nitrogens is 3. The Morgan fingerprint density at radius 2 is 2.04 bits per heavy atom. The zero-order chi connectivity index (χ0) is 16.4. The number of sulfonamides is 1. The summed E-state index contributed by atoms with van der Waals surface area (Å²) in [6, 6.07) is 0. The average Bonchev–Trinajstić information content (AvgIpc) is 2.89. The Morgan fingerprint density at radius 3 is 2.61 bits per heavy atom. The summed E-state index contributed by atoms with van der Waals surface area (Å²) in [4.78, 5) is 8.52. The lowest BCUT2D eigenvalue weighted by Crippen LogP contribution is -2.39. The van der Waals surface area contributed by atoms with Crippen LogP contribution in [-0.4, -0.2) is 54.5 Å². The fourth-order valence-corrected chi connectivity index (χ4v) is 2.24. The van der Waals surface area contributed by atoms with Crippen molar-refractivity contribution in [3.8, 4) is 0 Å². The van der Waals surface area contributed by atoms with Crippen LogP contribution in [0, 0.1) is 0 Å². The second-order valence-electron chi connectivity index (χ2n) is 4.57. The van der Waals surface area contributed by atoms with E-state index in [1.807, 2.05) is 14.0 Å². The summed E-state index contributed by atoms with van der Waals surface area (Å²) in [6.45, 7) is 5.79. The molecule has 134 valence electrons. The van der Waals surface area contributed by atoms with Crippen LogP contribution in [0.15, 0.2) is 11.3 Å². The van der Waals surface area contributed by atoms with E-state index in [-0.39, 0.29) is 29.7 Å². The van der Waals surface area contributed by atoms with Crippen LogP contribution in [0.1, 0.15) is 26.1 Å². The Labute approximate surface area is 154 Å². The summed E-state index contributed by atoms with van der Waals surface area (Å²) in [6.07, 6.45) is 2.17. The van der Waals surface area contributed by atoms with E-state index in [1.54, 1.807) is 11.6 Å². The van der Waals surface area contributed by atoms with Gasteiger partial charge in [-0.15, -0.1) is 24.0 Å². The van der Waals surface area contributed by atoms with Gasteiger partial charge in [0.1, 0.15) is 18.7 Å². The summed E-state index contributed by atoms with van der Waals surface area (Å²) >= 11 is 0. The normalized spacial score (nSPS) is 11.9. The number of aryl methyl sites for hydroxylation is 1.